The molecule has 0 spiro atoms. The van der Waals surface area contributed by atoms with Crippen molar-refractivity contribution in [1.82, 2.24) is 15.0 Å². The van der Waals surface area contributed by atoms with Gasteiger partial charge in [-0.3, -0.25) is 0 Å². The molecule has 0 unspecified atom stereocenters. The Morgan fingerprint density at radius 3 is 2.67 bits per heavy atom. The molecule has 2 aromatic rings. The van der Waals surface area contributed by atoms with E-state index >= 15 is 0 Å². The Balaban J connectivity index is 1.91. The molecule has 0 atom stereocenters. The number of hydrogen-bond donors (Lipinski definition) is 1. The van der Waals surface area contributed by atoms with Gasteiger partial charge in [0.1, 0.15) is 0 Å². The maximum absolute atomic E-state index is 6.27. The summed E-state index contributed by atoms with van der Waals surface area (Å²) < 4.78 is 2.00. The normalized spacial score (nSPS) is 16.3. The molecule has 1 fully saturated rings. The number of aromatic nitrogens is 3. The second kappa shape index (κ2) is 6.58. The van der Waals surface area contributed by atoms with Crippen LogP contribution in [0.4, 0.5) is 0 Å². The van der Waals surface area contributed by atoms with E-state index in [-0.39, 0.29) is 0 Å². The maximum atomic E-state index is 6.27. The summed E-state index contributed by atoms with van der Waals surface area (Å²) in [6.45, 7) is 1.12. The van der Waals surface area contributed by atoms with Gasteiger partial charge in [0.2, 0.25) is 0 Å². The largest absolute Gasteiger partial charge is 0.325 e. The van der Waals surface area contributed by atoms with Gasteiger partial charge in [-0.1, -0.05) is 54.3 Å². The highest BCUT2D eigenvalue weighted by Gasteiger charge is 2.24. The topological polar surface area (TPSA) is 56.7 Å². The number of nitrogens with two attached hydrogens (primary N) is 1. The van der Waals surface area contributed by atoms with Crippen molar-refractivity contribution in [2.75, 3.05) is 0 Å². The zero-order chi connectivity index (χ0) is 14.7. The fraction of sp³-hybridized carbons (Fsp3) is 0.500. The Morgan fingerprint density at radius 1 is 1.19 bits per heavy atom. The van der Waals surface area contributed by atoms with Crippen LogP contribution < -0.4 is 5.73 Å². The molecule has 1 aliphatic rings. The lowest BCUT2D eigenvalue weighted by Crippen LogP contribution is -2.15. The lowest BCUT2D eigenvalue weighted by molar-refractivity contribution is 0.417. The average molecular weight is 305 g/mol. The Kier molecular flexibility index (Phi) is 4.56. The zero-order valence-electron chi connectivity index (χ0n) is 12.1. The third kappa shape index (κ3) is 3.11. The van der Waals surface area contributed by atoms with Crippen LogP contribution in [0.15, 0.2) is 24.3 Å². The first-order valence-corrected chi connectivity index (χ1v) is 8.03. The third-order valence-corrected chi connectivity index (χ3v) is 4.68. The van der Waals surface area contributed by atoms with Gasteiger partial charge in [0.05, 0.1) is 17.9 Å². The summed E-state index contributed by atoms with van der Waals surface area (Å²) in [5.74, 6) is 0.537. The first kappa shape index (κ1) is 14.5. The quantitative estimate of drug-likeness (QED) is 0.940. The number of rotatable bonds is 4. The van der Waals surface area contributed by atoms with E-state index < -0.39 is 0 Å². The minimum Gasteiger partial charge on any atom is -0.325 e. The zero-order valence-corrected chi connectivity index (χ0v) is 12.9. The standard InChI is InChI=1S/C16H21ClN4/c17-14-9-5-4-8-13(14)11-21-16(15(10-18)19-20-21)12-6-2-1-3-7-12/h4-5,8-9,12H,1-3,6-7,10-11,18H2. The number of benzene rings is 1. The van der Waals surface area contributed by atoms with Gasteiger partial charge in [-0.05, 0) is 24.5 Å². The predicted molar refractivity (Wildman–Crippen MR) is 84.3 cm³/mol. The van der Waals surface area contributed by atoms with Gasteiger partial charge in [-0.2, -0.15) is 0 Å². The number of halogens is 1. The van der Waals surface area contributed by atoms with E-state index in [1.807, 2.05) is 28.9 Å². The number of hydrogen-bond acceptors (Lipinski definition) is 3. The van der Waals surface area contributed by atoms with Crippen molar-refractivity contribution >= 4 is 11.6 Å². The summed E-state index contributed by atoms with van der Waals surface area (Å²) in [6.07, 6.45) is 6.32. The van der Waals surface area contributed by atoms with Crippen LogP contribution in [0, 0.1) is 0 Å². The third-order valence-electron chi connectivity index (χ3n) is 4.31. The highest BCUT2D eigenvalue weighted by Crippen LogP contribution is 2.34. The molecule has 4 nitrogen and oxygen atoms in total. The molecule has 1 aliphatic carbocycles. The first-order valence-electron chi connectivity index (χ1n) is 7.65. The Morgan fingerprint density at radius 2 is 1.95 bits per heavy atom. The van der Waals surface area contributed by atoms with Crippen LogP contribution in [0.25, 0.3) is 0 Å². The Labute approximate surface area is 130 Å². The highest BCUT2D eigenvalue weighted by molar-refractivity contribution is 6.31. The molecule has 1 aromatic carbocycles. The molecule has 21 heavy (non-hydrogen) atoms. The molecule has 0 amide bonds. The molecular formula is C16H21ClN4. The molecule has 112 valence electrons. The van der Waals surface area contributed by atoms with E-state index in [1.165, 1.54) is 37.8 Å². The van der Waals surface area contributed by atoms with Gasteiger partial charge in [-0.25, -0.2) is 4.68 Å². The van der Waals surface area contributed by atoms with Gasteiger partial charge >= 0.3 is 0 Å². The summed E-state index contributed by atoms with van der Waals surface area (Å²) in [5.41, 5.74) is 9.08. The van der Waals surface area contributed by atoms with Crippen molar-refractivity contribution in [3.05, 3.63) is 46.2 Å². The number of nitrogens with zero attached hydrogens (tertiary/aromatic N) is 3. The molecular weight excluding hydrogens is 284 g/mol. The van der Waals surface area contributed by atoms with Crippen LogP contribution in [-0.4, -0.2) is 15.0 Å². The fourth-order valence-electron chi connectivity index (χ4n) is 3.23. The van der Waals surface area contributed by atoms with Crippen LogP contribution >= 0.6 is 11.6 Å². The first-order chi connectivity index (χ1) is 10.3. The summed E-state index contributed by atoms with van der Waals surface area (Å²) in [5, 5.41) is 9.38. The SMILES string of the molecule is NCc1nnn(Cc2ccccc2Cl)c1C1CCCCC1. The van der Waals surface area contributed by atoms with Crippen molar-refractivity contribution in [2.24, 2.45) is 5.73 Å². The maximum Gasteiger partial charge on any atom is 0.0997 e. The van der Waals surface area contributed by atoms with Crippen molar-refractivity contribution in [2.45, 2.75) is 51.1 Å². The van der Waals surface area contributed by atoms with E-state index in [0.717, 1.165) is 16.3 Å². The van der Waals surface area contributed by atoms with Crippen LogP contribution in [0.1, 0.15) is 55.0 Å². The second-order valence-electron chi connectivity index (χ2n) is 5.71. The highest BCUT2D eigenvalue weighted by atomic mass is 35.5. The second-order valence-corrected chi connectivity index (χ2v) is 6.12. The van der Waals surface area contributed by atoms with Gasteiger partial charge in [0.15, 0.2) is 0 Å². The Bertz CT molecular complexity index is 602. The lowest BCUT2D eigenvalue weighted by atomic mass is 9.86. The minimum absolute atomic E-state index is 0.453. The summed E-state index contributed by atoms with van der Waals surface area (Å²) in [4.78, 5) is 0. The van der Waals surface area contributed by atoms with Crippen LogP contribution in [0.3, 0.4) is 0 Å². The molecule has 2 N–H and O–H groups in total. The van der Waals surface area contributed by atoms with E-state index in [4.69, 9.17) is 17.3 Å². The van der Waals surface area contributed by atoms with Gasteiger partial charge in [0.25, 0.3) is 0 Å². The average Bonchev–Trinajstić information content (AvgIpc) is 2.93. The van der Waals surface area contributed by atoms with Crippen LogP contribution in [0.2, 0.25) is 5.02 Å². The smallest absolute Gasteiger partial charge is 0.0997 e. The summed E-state index contributed by atoms with van der Waals surface area (Å²) in [7, 11) is 0. The molecule has 3 rings (SSSR count). The van der Waals surface area contributed by atoms with Crippen LogP contribution in [-0.2, 0) is 13.1 Å². The van der Waals surface area contributed by atoms with E-state index in [1.54, 1.807) is 0 Å². The van der Waals surface area contributed by atoms with E-state index in [0.29, 0.717) is 19.0 Å². The van der Waals surface area contributed by atoms with Crippen molar-refractivity contribution in [3.63, 3.8) is 0 Å². The molecule has 1 saturated carbocycles. The lowest BCUT2D eigenvalue weighted by Gasteiger charge is -2.23. The fourth-order valence-corrected chi connectivity index (χ4v) is 3.42. The summed E-state index contributed by atoms with van der Waals surface area (Å²) >= 11 is 6.27. The van der Waals surface area contributed by atoms with Crippen molar-refractivity contribution < 1.29 is 0 Å². The van der Waals surface area contributed by atoms with Crippen LogP contribution in [0.5, 0.6) is 0 Å². The van der Waals surface area contributed by atoms with Gasteiger partial charge < -0.3 is 5.73 Å². The minimum atomic E-state index is 0.453. The van der Waals surface area contributed by atoms with Gasteiger partial charge in [-0.15, -0.1) is 5.10 Å². The monoisotopic (exact) mass is 304 g/mol. The molecule has 0 radical (unpaired) electrons. The molecule has 0 saturated heterocycles. The van der Waals surface area contributed by atoms with Crippen molar-refractivity contribution in [1.29, 1.82) is 0 Å². The molecule has 1 aromatic heterocycles. The molecule has 1 heterocycles. The van der Waals surface area contributed by atoms with Gasteiger partial charge in [0, 0.05) is 17.5 Å². The molecule has 0 bridgehead atoms. The summed E-state index contributed by atoms with van der Waals surface area (Å²) in [6, 6.07) is 7.90. The predicted octanol–water partition coefficient (Wildman–Crippen LogP) is 3.49. The van der Waals surface area contributed by atoms with E-state index in [9.17, 15) is 0 Å². The molecule has 0 aliphatic heterocycles. The Hall–Kier alpha value is -1.39. The van der Waals surface area contributed by atoms with Crippen molar-refractivity contribution in [3.8, 4) is 0 Å². The van der Waals surface area contributed by atoms with E-state index in [2.05, 4.69) is 10.3 Å². The molecule has 5 heteroatoms.